The number of nitrogens with zero attached hydrogens (tertiary/aromatic N) is 3. The molecule has 7 nitrogen and oxygen atoms in total. The summed E-state index contributed by atoms with van der Waals surface area (Å²) in [4.78, 5) is 17.2. The Kier molecular flexibility index (Phi) is 8.58. The zero-order valence-electron chi connectivity index (χ0n) is 22.1. The number of hydrogen-bond donors (Lipinski definition) is 2. The minimum absolute atomic E-state index is 0.179. The van der Waals surface area contributed by atoms with Gasteiger partial charge >= 0.3 is 0 Å². The number of fused-ring (bicyclic) bond motifs is 2. The smallest absolute Gasteiger partial charge is 0.238 e. The van der Waals surface area contributed by atoms with Crippen LogP contribution in [0.15, 0.2) is 66.7 Å². The Morgan fingerprint density at radius 2 is 1.73 bits per heavy atom. The molecule has 2 aliphatic rings. The Balaban J connectivity index is 1.15. The number of phenols is 1. The van der Waals surface area contributed by atoms with Crippen molar-refractivity contribution in [1.82, 2.24) is 9.80 Å². The molecular formula is C31H32F2N4O3. The molecule has 0 aromatic heterocycles. The zero-order chi connectivity index (χ0) is 28.1. The van der Waals surface area contributed by atoms with Crippen molar-refractivity contribution in [2.24, 2.45) is 0 Å². The van der Waals surface area contributed by atoms with Gasteiger partial charge in [-0.15, -0.1) is 0 Å². The number of phenolic OH excluding ortho intramolecular Hbond substituents is 1. The maximum absolute atomic E-state index is 13.5. The molecule has 40 heavy (non-hydrogen) atoms. The molecule has 0 radical (unpaired) electrons. The number of halogens is 2. The molecule has 9 heteroatoms. The molecule has 3 aromatic carbocycles. The lowest BCUT2D eigenvalue weighted by Gasteiger charge is -2.41. The number of carbonyl (C=O) groups excluding carboxylic acids is 1. The third-order valence-electron chi connectivity index (χ3n) is 7.69. The van der Waals surface area contributed by atoms with Gasteiger partial charge in [0, 0.05) is 36.9 Å². The second-order valence-electron chi connectivity index (χ2n) is 10.5. The van der Waals surface area contributed by atoms with E-state index in [1.54, 1.807) is 36.4 Å². The molecule has 3 aromatic rings. The maximum atomic E-state index is 13.5. The van der Waals surface area contributed by atoms with Crippen LogP contribution in [0.5, 0.6) is 11.5 Å². The summed E-state index contributed by atoms with van der Waals surface area (Å²) in [6.07, 6.45) is 3.65. The number of carbonyl (C=O) groups is 1. The van der Waals surface area contributed by atoms with Crippen LogP contribution in [0, 0.1) is 23.0 Å². The largest absolute Gasteiger partial charge is 0.508 e. The fourth-order valence-corrected chi connectivity index (χ4v) is 5.76. The van der Waals surface area contributed by atoms with Crippen molar-refractivity contribution in [3.63, 3.8) is 0 Å². The number of ether oxygens (including phenoxy) is 1. The predicted molar refractivity (Wildman–Crippen MR) is 147 cm³/mol. The number of piperazine rings is 1. The van der Waals surface area contributed by atoms with E-state index in [0.29, 0.717) is 23.4 Å². The van der Waals surface area contributed by atoms with Crippen molar-refractivity contribution in [3.8, 4) is 17.6 Å². The van der Waals surface area contributed by atoms with Crippen molar-refractivity contribution in [2.45, 2.75) is 43.9 Å². The summed E-state index contributed by atoms with van der Waals surface area (Å²) < 4.78 is 32.9. The molecule has 5 rings (SSSR count). The monoisotopic (exact) mass is 546 g/mol. The van der Waals surface area contributed by atoms with Crippen LogP contribution < -0.4 is 10.1 Å². The first-order chi connectivity index (χ1) is 19.4. The van der Waals surface area contributed by atoms with E-state index in [9.17, 15) is 18.7 Å². The summed E-state index contributed by atoms with van der Waals surface area (Å²) in [5.74, 6) is -1.32. The second-order valence-corrected chi connectivity index (χ2v) is 10.5. The molecule has 0 saturated carbocycles. The lowest BCUT2D eigenvalue weighted by Crippen LogP contribution is -2.55. The van der Waals surface area contributed by atoms with Crippen molar-refractivity contribution < 1.29 is 23.4 Å². The topological polar surface area (TPSA) is 88.8 Å². The van der Waals surface area contributed by atoms with Crippen LogP contribution in [0.3, 0.4) is 0 Å². The average Bonchev–Trinajstić information content (AvgIpc) is 3.18. The molecule has 2 bridgehead atoms. The number of aromatic hydroxyl groups is 1. The summed E-state index contributed by atoms with van der Waals surface area (Å²) in [7, 11) is 0. The maximum Gasteiger partial charge on any atom is 0.238 e. The summed E-state index contributed by atoms with van der Waals surface area (Å²) >= 11 is 0. The van der Waals surface area contributed by atoms with Gasteiger partial charge in [0.2, 0.25) is 5.91 Å². The van der Waals surface area contributed by atoms with Crippen LogP contribution in [0.2, 0.25) is 0 Å². The Morgan fingerprint density at radius 3 is 2.38 bits per heavy atom. The van der Waals surface area contributed by atoms with E-state index in [1.807, 2.05) is 12.1 Å². The van der Waals surface area contributed by atoms with Crippen LogP contribution in [0.25, 0.3) is 0 Å². The minimum atomic E-state index is -0.987. The highest BCUT2D eigenvalue weighted by atomic mass is 19.2. The second kappa shape index (κ2) is 12.5. The number of nitrogens with one attached hydrogen (secondary N) is 1. The molecule has 2 heterocycles. The number of hydrogen-bond acceptors (Lipinski definition) is 6. The van der Waals surface area contributed by atoms with E-state index in [-0.39, 0.29) is 30.0 Å². The summed E-state index contributed by atoms with van der Waals surface area (Å²) in [5, 5.41) is 21.4. The SMILES string of the molecule is N#Cc1ccc(C(CCCN2C3CCC2CN(CC(=O)Nc2ccc(F)c(F)c2)C3)Oc2ccc(O)cc2)cc1. The van der Waals surface area contributed by atoms with Gasteiger partial charge in [0.15, 0.2) is 11.6 Å². The Bertz CT molecular complexity index is 1350. The van der Waals surface area contributed by atoms with Gasteiger partial charge in [-0.3, -0.25) is 14.6 Å². The van der Waals surface area contributed by atoms with Gasteiger partial charge in [-0.25, -0.2) is 8.78 Å². The van der Waals surface area contributed by atoms with E-state index in [4.69, 9.17) is 10.00 Å². The van der Waals surface area contributed by atoms with Gasteiger partial charge in [-0.1, -0.05) is 12.1 Å². The van der Waals surface area contributed by atoms with Crippen molar-refractivity contribution in [1.29, 1.82) is 5.26 Å². The van der Waals surface area contributed by atoms with Gasteiger partial charge in [0.05, 0.1) is 18.2 Å². The molecule has 1 amide bonds. The summed E-state index contributed by atoms with van der Waals surface area (Å²) in [5.41, 5.74) is 1.84. The van der Waals surface area contributed by atoms with Crippen molar-refractivity contribution >= 4 is 11.6 Å². The predicted octanol–water partition coefficient (Wildman–Crippen LogP) is 5.23. The van der Waals surface area contributed by atoms with Gasteiger partial charge in [0.1, 0.15) is 17.6 Å². The molecule has 3 unspecified atom stereocenters. The van der Waals surface area contributed by atoms with E-state index < -0.39 is 11.6 Å². The van der Waals surface area contributed by atoms with E-state index in [0.717, 1.165) is 63.0 Å². The summed E-state index contributed by atoms with van der Waals surface area (Å²) in [6.45, 7) is 2.69. The van der Waals surface area contributed by atoms with Crippen LogP contribution in [0.4, 0.5) is 14.5 Å². The molecule has 2 saturated heterocycles. The number of anilines is 1. The third kappa shape index (κ3) is 6.76. The van der Waals surface area contributed by atoms with Crippen molar-refractivity contribution in [3.05, 3.63) is 89.5 Å². The van der Waals surface area contributed by atoms with Crippen molar-refractivity contribution in [2.75, 3.05) is 31.5 Å². The van der Waals surface area contributed by atoms with Gasteiger partial charge in [-0.2, -0.15) is 5.26 Å². The molecule has 2 N–H and O–H groups in total. The standard InChI is InChI=1S/C31H32F2N4O3/c32-28-14-7-23(16-29(28)33)35-31(39)20-36-18-24-8-9-25(19-36)37(24)15-1-2-30(22-5-3-21(17-34)4-6-22)40-27-12-10-26(38)11-13-27/h3-7,10-14,16,24-25,30,38H,1-2,8-9,15,18-20H2,(H,35,39). The number of nitriles is 1. The molecule has 3 atom stereocenters. The van der Waals surface area contributed by atoms with Gasteiger partial charge in [0.25, 0.3) is 0 Å². The lowest BCUT2D eigenvalue weighted by molar-refractivity contribution is -0.118. The number of benzene rings is 3. The van der Waals surface area contributed by atoms with Crippen LogP contribution in [-0.4, -0.2) is 59.1 Å². The quantitative estimate of drug-likeness (QED) is 0.362. The number of rotatable bonds is 10. The average molecular weight is 547 g/mol. The van der Waals surface area contributed by atoms with E-state index in [1.165, 1.54) is 6.07 Å². The van der Waals surface area contributed by atoms with E-state index in [2.05, 4.69) is 21.2 Å². The number of likely N-dealkylation sites (tertiary alicyclic amines) is 1. The van der Waals surface area contributed by atoms with E-state index >= 15 is 0 Å². The Morgan fingerprint density at radius 1 is 1.02 bits per heavy atom. The van der Waals surface area contributed by atoms with Crippen LogP contribution in [0.1, 0.15) is 42.9 Å². The highest BCUT2D eigenvalue weighted by Gasteiger charge is 2.39. The number of amides is 1. The molecule has 0 spiro atoms. The Hall–Kier alpha value is -4.00. The summed E-state index contributed by atoms with van der Waals surface area (Å²) in [6, 6.07) is 20.4. The zero-order valence-corrected chi connectivity index (χ0v) is 22.1. The highest BCUT2D eigenvalue weighted by molar-refractivity contribution is 5.92. The molecule has 208 valence electrons. The van der Waals surface area contributed by atoms with Crippen LogP contribution >= 0.6 is 0 Å². The van der Waals surface area contributed by atoms with Gasteiger partial charge in [-0.05, 0) is 86.3 Å². The van der Waals surface area contributed by atoms with Gasteiger partial charge < -0.3 is 15.2 Å². The molecule has 2 fully saturated rings. The first-order valence-electron chi connectivity index (χ1n) is 13.6. The van der Waals surface area contributed by atoms with Crippen LogP contribution in [-0.2, 0) is 4.79 Å². The highest BCUT2D eigenvalue weighted by Crippen LogP contribution is 2.32. The fourth-order valence-electron chi connectivity index (χ4n) is 5.76. The third-order valence-corrected chi connectivity index (χ3v) is 7.69. The fraction of sp³-hybridized carbons (Fsp3) is 0.355. The Labute approximate surface area is 232 Å². The first-order valence-corrected chi connectivity index (χ1v) is 13.6. The lowest BCUT2D eigenvalue weighted by atomic mass is 10.0. The minimum Gasteiger partial charge on any atom is -0.508 e. The molecule has 2 aliphatic heterocycles. The molecular weight excluding hydrogens is 514 g/mol. The normalized spacial score (nSPS) is 19.6. The molecule has 0 aliphatic carbocycles. The first kappa shape index (κ1) is 27.6.